The van der Waals surface area contributed by atoms with Crippen molar-refractivity contribution in [1.82, 2.24) is 5.32 Å². The van der Waals surface area contributed by atoms with E-state index in [0.717, 1.165) is 25.3 Å². The van der Waals surface area contributed by atoms with Crippen LogP contribution in [0.3, 0.4) is 0 Å². The van der Waals surface area contributed by atoms with Crippen molar-refractivity contribution in [3.8, 4) is 5.75 Å². The van der Waals surface area contributed by atoms with Gasteiger partial charge in [0.15, 0.2) is 0 Å². The molecule has 92 valence electrons. The second-order valence-electron chi connectivity index (χ2n) is 5.32. The van der Waals surface area contributed by atoms with E-state index >= 15 is 0 Å². The van der Waals surface area contributed by atoms with Crippen LogP contribution in [0.2, 0.25) is 0 Å². The summed E-state index contributed by atoms with van der Waals surface area (Å²) in [5.74, 6) is 1.08. The molecular weight excluding hydrogens is 210 g/mol. The van der Waals surface area contributed by atoms with Crippen molar-refractivity contribution >= 4 is 0 Å². The highest BCUT2D eigenvalue weighted by Crippen LogP contribution is 2.29. The molecule has 2 nitrogen and oxygen atoms in total. The maximum absolute atomic E-state index is 6.06. The highest BCUT2D eigenvalue weighted by molar-refractivity contribution is 5.43. The van der Waals surface area contributed by atoms with Crippen molar-refractivity contribution in [2.75, 3.05) is 13.1 Å². The lowest BCUT2D eigenvalue weighted by Crippen LogP contribution is -2.20. The molecule has 1 unspecified atom stereocenters. The van der Waals surface area contributed by atoms with E-state index in [-0.39, 0.29) is 0 Å². The fraction of sp³-hybridized carbons (Fsp3) is 0.600. The summed E-state index contributed by atoms with van der Waals surface area (Å²) in [6.07, 6.45) is 6.68. The Morgan fingerprint density at radius 2 is 2.12 bits per heavy atom. The lowest BCUT2D eigenvalue weighted by atomic mass is 9.88. The zero-order valence-corrected chi connectivity index (χ0v) is 10.6. The number of hydrogen-bond acceptors (Lipinski definition) is 2. The van der Waals surface area contributed by atoms with Crippen LogP contribution in [0.15, 0.2) is 12.1 Å². The third kappa shape index (κ3) is 2.32. The fourth-order valence-electron chi connectivity index (χ4n) is 3.04. The summed E-state index contributed by atoms with van der Waals surface area (Å²) in [4.78, 5) is 0. The minimum Gasteiger partial charge on any atom is -0.489 e. The highest BCUT2D eigenvalue weighted by atomic mass is 16.5. The Hall–Kier alpha value is -1.02. The van der Waals surface area contributed by atoms with E-state index in [4.69, 9.17) is 4.74 Å². The maximum atomic E-state index is 6.06. The average Bonchev–Trinajstić information content (AvgIpc) is 2.82. The van der Waals surface area contributed by atoms with Gasteiger partial charge in [0.25, 0.3) is 0 Å². The standard InChI is InChI=1S/C15H21NO/c1-11-8-14(17-13-6-7-16-10-13)9-12-4-2-3-5-15(11)12/h8-9,13,16H,2-7,10H2,1H3. The molecule has 1 aliphatic heterocycles. The molecule has 1 aromatic carbocycles. The van der Waals surface area contributed by atoms with E-state index < -0.39 is 0 Å². The first-order valence-corrected chi connectivity index (χ1v) is 6.83. The molecule has 0 saturated carbocycles. The summed E-state index contributed by atoms with van der Waals surface area (Å²) in [5.41, 5.74) is 4.52. The molecule has 0 aromatic heterocycles. The molecule has 1 aliphatic carbocycles. The molecule has 0 bridgehead atoms. The Balaban J connectivity index is 1.82. The average molecular weight is 231 g/mol. The van der Waals surface area contributed by atoms with Crippen molar-refractivity contribution in [2.45, 2.75) is 45.1 Å². The molecule has 1 heterocycles. The van der Waals surface area contributed by atoms with Crippen LogP contribution in [0, 0.1) is 6.92 Å². The van der Waals surface area contributed by atoms with Gasteiger partial charge in [0, 0.05) is 6.54 Å². The van der Waals surface area contributed by atoms with Gasteiger partial charge in [0.1, 0.15) is 11.9 Å². The topological polar surface area (TPSA) is 21.3 Å². The molecule has 2 aliphatic rings. The van der Waals surface area contributed by atoms with Crippen molar-refractivity contribution in [2.24, 2.45) is 0 Å². The van der Waals surface area contributed by atoms with Gasteiger partial charge in [-0.1, -0.05) is 0 Å². The number of ether oxygens (including phenoxy) is 1. The normalized spacial score (nSPS) is 23.5. The minimum absolute atomic E-state index is 0.371. The van der Waals surface area contributed by atoms with Crippen LogP contribution in [-0.4, -0.2) is 19.2 Å². The first-order chi connectivity index (χ1) is 8.33. The second kappa shape index (κ2) is 4.69. The van der Waals surface area contributed by atoms with Crippen molar-refractivity contribution in [1.29, 1.82) is 0 Å². The summed E-state index contributed by atoms with van der Waals surface area (Å²) < 4.78 is 6.06. The predicted octanol–water partition coefficient (Wildman–Crippen LogP) is 2.61. The largest absolute Gasteiger partial charge is 0.489 e. The first-order valence-electron chi connectivity index (χ1n) is 6.83. The van der Waals surface area contributed by atoms with E-state index in [2.05, 4.69) is 24.4 Å². The number of benzene rings is 1. The van der Waals surface area contributed by atoms with E-state index in [1.165, 1.54) is 36.8 Å². The van der Waals surface area contributed by atoms with Gasteiger partial charge in [-0.15, -0.1) is 0 Å². The first kappa shape index (κ1) is 11.1. The molecule has 1 atom stereocenters. The summed E-state index contributed by atoms with van der Waals surface area (Å²) >= 11 is 0. The number of rotatable bonds is 2. The zero-order chi connectivity index (χ0) is 11.7. The van der Waals surface area contributed by atoms with Gasteiger partial charge in [-0.2, -0.15) is 0 Å². The molecule has 0 spiro atoms. The predicted molar refractivity (Wildman–Crippen MR) is 69.7 cm³/mol. The van der Waals surface area contributed by atoms with Crippen molar-refractivity contribution < 1.29 is 4.74 Å². The summed E-state index contributed by atoms with van der Waals surface area (Å²) in [7, 11) is 0. The van der Waals surface area contributed by atoms with Crippen molar-refractivity contribution in [3.05, 3.63) is 28.8 Å². The molecule has 1 fully saturated rings. The zero-order valence-electron chi connectivity index (χ0n) is 10.6. The Kier molecular flexibility index (Phi) is 3.06. The van der Waals surface area contributed by atoms with E-state index in [1.54, 1.807) is 5.56 Å². The van der Waals surface area contributed by atoms with Crippen LogP contribution in [0.25, 0.3) is 0 Å². The van der Waals surface area contributed by atoms with Crippen LogP contribution >= 0.6 is 0 Å². The lowest BCUT2D eigenvalue weighted by Gasteiger charge is -2.21. The van der Waals surface area contributed by atoms with Gasteiger partial charge in [0.2, 0.25) is 0 Å². The van der Waals surface area contributed by atoms with Gasteiger partial charge in [-0.3, -0.25) is 0 Å². The number of hydrogen-bond donors (Lipinski definition) is 1. The summed E-state index contributed by atoms with van der Waals surface area (Å²) in [5, 5.41) is 3.34. The Morgan fingerprint density at radius 1 is 1.24 bits per heavy atom. The van der Waals surface area contributed by atoms with Crippen LogP contribution < -0.4 is 10.1 Å². The number of aryl methyl sites for hydroxylation is 2. The maximum Gasteiger partial charge on any atom is 0.120 e. The molecule has 17 heavy (non-hydrogen) atoms. The third-order valence-corrected chi connectivity index (χ3v) is 3.98. The Labute approximate surface area is 103 Å². The molecule has 0 amide bonds. The van der Waals surface area contributed by atoms with Gasteiger partial charge >= 0.3 is 0 Å². The smallest absolute Gasteiger partial charge is 0.120 e. The minimum atomic E-state index is 0.371. The summed E-state index contributed by atoms with van der Waals surface area (Å²) in [6, 6.07) is 4.50. The summed E-state index contributed by atoms with van der Waals surface area (Å²) in [6.45, 7) is 4.31. The monoisotopic (exact) mass is 231 g/mol. The van der Waals surface area contributed by atoms with Gasteiger partial charge in [-0.25, -0.2) is 0 Å². The van der Waals surface area contributed by atoms with Crippen LogP contribution in [0.1, 0.15) is 36.0 Å². The van der Waals surface area contributed by atoms with Gasteiger partial charge < -0.3 is 10.1 Å². The number of fused-ring (bicyclic) bond motifs is 1. The van der Waals surface area contributed by atoms with Crippen LogP contribution in [0.4, 0.5) is 0 Å². The molecule has 2 heteroatoms. The van der Waals surface area contributed by atoms with E-state index in [1.807, 2.05) is 0 Å². The fourth-order valence-corrected chi connectivity index (χ4v) is 3.04. The van der Waals surface area contributed by atoms with Gasteiger partial charge in [-0.05, 0) is 74.4 Å². The SMILES string of the molecule is Cc1cc(OC2CCNC2)cc2c1CCCC2. The second-order valence-corrected chi connectivity index (χ2v) is 5.32. The molecule has 1 N–H and O–H groups in total. The van der Waals surface area contributed by atoms with Gasteiger partial charge in [0.05, 0.1) is 0 Å². The molecule has 1 saturated heterocycles. The lowest BCUT2D eigenvalue weighted by molar-refractivity contribution is 0.222. The van der Waals surface area contributed by atoms with E-state index in [9.17, 15) is 0 Å². The van der Waals surface area contributed by atoms with Crippen molar-refractivity contribution in [3.63, 3.8) is 0 Å². The van der Waals surface area contributed by atoms with Crippen LogP contribution in [0.5, 0.6) is 5.75 Å². The molecular formula is C15H21NO. The molecule has 0 radical (unpaired) electrons. The van der Waals surface area contributed by atoms with Crippen LogP contribution in [-0.2, 0) is 12.8 Å². The molecule has 1 aromatic rings. The highest BCUT2D eigenvalue weighted by Gasteiger charge is 2.18. The molecule has 3 rings (SSSR count). The number of nitrogens with one attached hydrogen (secondary N) is 1. The van der Waals surface area contributed by atoms with E-state index in [0.29, 0.717) is 6.10 Å². The third-order valence-electron chi connectivity index (χ3n) is 3.98. The Morgan fingerprint density at radius 3 is 2.94 bits per heavy atom. The Bertz CT molecular complexity index is 408. The quantitative estimate of drug-likeness (QED) is 0.845.